The molecule has 3 aromatic carbocycles. The van der Waals surface area contributed by atoms with Crippen molar-refractivity contribution in [2.45, 2.75) is 83.8 Å². The normalized spacial score (nSPS) is 14.6. The number of nitrogens with zero attached hydrogens (tertiary/aromatic N) is 1. The van der Waals surface area contributed by atoms with Gasteiger partial charge in [0.25, 0.3) is 5.91 Å². The van der Waals surface area contributed by atoms with Crippen LogP contribution in [0.15, 0.2) is 78.9 Å². The molecule has 1 aliphatic carbocycles. The number of ether oxygens (including phenoxy) is 1. The maximum absolute atomic E-state index is 13.8. The lowest BCUT2D eigenvalue weighted by molar-refractivity contribution is -0.143. The maximum atomic E-state index is 13.8. The Labute approximate surface area is 233 Å². The summed E-state index contributed by atoms with van der Waals surface area (Å²) < 4.78 is 5.97. The molecular weight excluding hydrogens is 484 g/mol. The van der Waals surface area contributed by atoms with E-state index in [4.69, 9.17) is 4.74 Å². The SMILES string of the molecule is Cc1cccc(CN(C(=O)COc2ccc(C(C)(C)C)cc2)C(Cc2ccccc2)C(=O)NC2CCCC2)c1. The van der Waals surface area contributed by atoms with Crippen molar-refractivity contribution in [1.82, 2.24) is 10.2 Å². The van der Waals surface area contributed by atoms with Crippen LogP contribution in [-0.4, -0.2) is 35.4 Å². The summed E-state index contributed by atoms with van der Waals surface area (Å²) in [5, 5.41) is 3.25. The number of aryl methyl sites for hydroxylation is 1. The second kappa shape index (κ2) is 13.0. The van der Waals surface area contributed by atoms with Gasteiger partial charge in [0.1, 0.15) is 11.8 Å². The second-order valence-corrected chi connectivity index (χ2v) is 11.8. The van der Waals surface area contributed by atoms with Gasteiger partial charge in [-0.3, -0.25) is 9.59 Å². The number of amides is 2. The molecule has 0 heterocycles. The zero-order valence-corrected chi connectivity index (χ0v) is 23.8. The standard InChI is InChI=1S/C34H42N2O3/c1-25-11-10-14-27(21-25)23-36(32(37)24-39-30-19-17-28(18-20-30)34(2,3)4)31(22-26-12-6-5-7-13-26)33(38)35-29-15-8-9-16-29/h5-7,10-14,17-21,29,31H,8-9,15-16,22-24H2,1-4H3,(H,35,38). The number of hydrogen-bond donors (Lipinski definition) is 1. The molecule has 1 fully saturated rings. The van der Waals surface area contributed by atoms with Crippen LogP contribution in [0.3, 0.4) is 0 Å². The highest BCUT2D eigenvalue weighted by molar-refractivity contribution is 5.88. The molecule has 2 amide bonds. The molecule has 0 spiro atoms. The molecular formula is C34H42N2O3. The molecule has 5 nitrogen and oxygen atoms in total. The molecule has 1 atom stereocenters. The highest BCUT2D eigenvalue weighted by Gasteiger charge is 2.32. The summed E-state index contributed by atoms with van der Waals surface area (Å²) in [6, 6.07) is 25.5. The summed E-state index contributed by atoms with van der Waals surface area (Å²) in [5.74, 6) is 0.335. The molecule has 206 valence electrons. The van der Waals surface area contributed by atoms with Crippen LogP contribution in [0.5, 0.6) is 5.75 Å². The lowest BCUT2D eigenvalue weighted by Gasteiger charge is -2.32. The lowest BCUT2D eigenvalue weighted by atomic mass is 9.87. The largest absolute Gasteiger partial charge is 0.484 e. The van der Waals surface area contributed by atoms with E-state index in [9.17, 15) is 9.59 Å². The van der Waals surface area contributed by atoms with E-state index in [2.05, 4.69) is 32.2 Å². The van der Waals surface area contributed by atoms with Crippen molar-refractivity contribution >= 4 is 11.8 Å². The number of carbonyl (C=O) groups is 2. The van der Waals surface area contributed by atoms with E-state index in [-0.39, 0.29) is 29.9 Å². The van der Waals surface area contributed by atoms with Gasteiger partial charge in [0.2, 0.25) is 5.91 Å². The number of hydrogen-bond acceptors (Lipinski definition) is 3. The van der Waals surface area contributed by atoms with Crippen LogP contribution in [0.25, 0.3) is 0 Å². The van der Waals surface area contributed by atoms with E-state index in [0.29, 0.717) is 18.7 Å². The maximum Gasteiger partial charge on any atom is 0.261 e. The fourth-order valence-corrected chi connectivity index (χ4v) is 5.21. The second-order valence-electron chi connectivity index (χ2n) is 11.8. The van der Waals surface area contributed by atoms with Gasteiger partial charge in [-0.1, -0.05) is 106 Å². The molecule has 1 saturated carbocycles. The zero-order valence-electron chi connectivity index (χ0n) is 23.8. The summed E-state index contributed by atoms with van der Waals surface area (Å²) in [6.45, 7) is 8.73. The first kappa shape index (κ1) is 28.4. The Morgan fingerprint density at radius 1 is 0.923 bits per heavy atom. The Kier molecular flexibility index (Phi) is 9.45. The van der Waals surface area contributed by atoms with Crippen LogP contribution in [-0.2, 0) is 28.0 Å². The Bertz CT molecular complexity index is 1230. The first-order chi connectivity index (χ1) is 18.7. The molecule has 1 unspecified atom stereocenters. The van der Waals surface area contributed by atoms with Gasteiger partial charge in [0, 0.05) is 19.0 Å². The van der Waals surface area contributed by atoms with Crippen molar-refractivity contribution in [3.63, 3.8) is 0 Å². The van der Waals surface area contributed by atoms with Crippen LogP contribution in [0.2, 0.25) is 0 Å². The van der Waals surface area contributed by atoms with Gasteiger partial charge in [0.15, 0.2) is 6.61 Å². The van der Waals surface area contributed by atoms with E-state index >= 15 is 0 Å². The number of carbonyl (C=O) groups excluding carboxylic acids is 2. The molecule has 1 aliphatic rings. The summed E-state index contributed by atoms with van der Waals surface area (Å²) in [6.07, 6.45) is 4.67. The topological polar surface area (TPSA) is 58.6 Å². The molecule has 0 radical (unpaired) electrons. The van der Waals surface area contributed by atoms with Crippen molar-refractivity contribution in [3.8, 4) is 5.75 Å². The fourth-order valence-electron chi connectivity index (χ4n) is 5.21. The summed E-state index contributed by atoms with van der Waals surface area (Å²) in [5.41, 5.74) is 4.37. The number of nitrogens with one attached hydrogen (secondary N) is 1. The van der Waals surface area contributed by atoms with Crippen molar-refractivity contribution < 1.29 is 14.3 Å². The minimum atomic E-state index is -0.645. The van der Waals surface area contributed by atoms with Gasteiger partial charge in [-0.05, 0) is 54.0 Å². The van der Waals surface area contributed by atoms with E-state index in [1.54, 1.807) is 4.90 Å². The van der Waals surface area contributed by atoms with Gasteiger partial charge >= 0.3 is 0 Å². The minimum Gasteiger partial charge on any atom is -0.484 e. The number of benzene rings is 3. The third kappa shape index (κ3) is 8.19. The first-order valence-electron chi connectivity index (χ1n) is 14.1. The smallest absolute Gasteiger partial charge is 0.261 e. The van der Waals surface area contributed by atoms with Crippen molar-refractivity contribution in [3.05, 3.63) is 101 Å². The van der Waals surface area contributed by atoms with E-state index in [0.717, 1.165) is 42.4 Å². The Morgan fingerprint density at radius 3 is 2.23 bits per heavy atom. The van der Waals surface area contributed by atoms with Crippen LogP contribution in [0.4, 0.5) is 0 Å². The number of rotatable bonds is 10. The Balaban J connectivity index is 1.58. The average Bonchev–Trinajstić information content (AvgIpc) is 3.42. The molecule has 0 saturated heterocycles. The lowest BCUT2D eigenvalue weighted by Crippen LogP contribution is -2.53. The van der Waals surface area contributed by atoms with Gasteiger partial charge in [0.05, 0.1) is 0 Å². The predicted octanol–water partition coefficient (Wildman–Crippen LogP) is 6.37. The summed E-state index contributed by atoms with van der Waals surface area (Å²) in [7, 11) is 0. The highest BCUT2D eigenvalue weighted by atomic mass is 16.5. The third-order valence-corrected chi connectivity index (χ3v) is 7.49. The first-order valence-corrected chi connectivity index (χ1v) is 14.1. The van der Waals surface area contributed by atoms with Crippen LogP contribution in [0.1, 0.15) is 68.7 Å². The molecule has 4 rings (SSSR count). The van der Waals surface area contributed by atoms with Crippen LogP contribution in [0, 0.1) is 6.92 Å². The predicted molar refractivity (Wildman–Crippen MR) is 157 cm³/mol. The van der Waals surface area contributed by atoms with Gasteiger partial charge in [-0.15, -0.1) is 0 Å². The molecule has 0 bridgehead atoms. The van der Waals surface area contributed by atoms with Gasteiger partial charge in [-0.25, -0.2) is 0 Å². The van der Waals surface area contributed by atoms with Crippen LogP contribution >= 0.6 is 0 Å². The fraction of sp³-hybridized carbons (Fsp3) is 0.412. The quantitative estimate of drug-likeness (QED) is 0.334. The van der Waals surface area contributed by atoms with E-state index in [1.165, 1.54) is 5.56 Å². The molecule has 0 aliphatic heterocycles. The van der Waals surface area contributed by atoms with Crippen LogP contribution < -0.4 is 10.1 Å². The molecule has 1 N–H and O–H groups in total. The van der Waals surface area contributed by atoms with E-state index < -0.39 is 6.04 Å². The van der Waals surface area contributed by atoms with Gasteiger partial charge < -0.3 is 15.0 Å². The molecule has 0 aromatic heterocycles. The zero-order chi connectivity index (χ0) is 27.8. The van der Waals surface area contributed by atoms with Crippen molar-refractivity contribution in [1.29, 1.82) is 0 Å². The van der Waals surface area contributed by atoms with E-state index in [1.807, 2.05) is 79.7 Å². The average molecular weight is 527 g/mol. The van der Waals surface area contributed by atoms with Gasteiger partial charge in [-0.2, -0.15) is 0 Å². The molecule has 5 heteroatoms. The molecule has 39 heavy (non-hydrogen) atoms. The molecule has 3 aromatic rings. The monoisotopic (exact) mass is 526 g/mol. The van der Waals surface area contributed by atoms with Crippen molar-refractivity contribution in [2.24, 2.45) is 0 Å². The summed E-state index contributed by atoms with van der Waals surface area (Å²) in [4.78, 5) is 29.3. The Hall–Kier alpha value is -3.60. The third-order valence-electron chi connectivity index (χ3n) is 7.49. The minimum absolute atomic E-state index is 0.0380. The Morgan fingerprint density at radius 2 is 1.59 bits per heavy atom. The van der Waals surface area contributed by atoms with Crippen molar-refractivity contribution in [2.75, 3.05) is 6.61 Å². The summed E-state index contributed by atoms with van der Waals surface area (Å²) >= 11 is 0. The highest BCUT2D eigenvalue weighted by Crippen LogP contribution is 2.25.